The first-order valence-electron chi connectivity index (χ1n) is 18.9. The van der Waals surface area contributed by atoms with Gasteiger partial charge in [0.2, 0.25) is 0 Å². The molecule has 3 heterocycles. The number of nitrogens with zero attached hydrogens (tertiary/aromatic N) is 4. The Hall–Kier alpha value is -7.63. The quantitative estimate of drug-likeness (QED) is 0.170. The SMILES string of the molecule is c1ccc(-c2nc(-c3ccccc3)nc(-c3ccc4oc5cc6c7ccccc7n(-c7ccc8c9ccccc9c9ccccc9c8c7)c6cc5c4c3)n2)cc1. The molecule has 0 N–H and O–H groups in total. The third-order valence-electron chi connectivity index (χ3n) is 11.2. The van der Waals surface area contributed by atoms with Crippen molar-refractivity contribution in [1.82, 2.24) is 19.5 Å². The van der Waals surface area contributed by atoms with Gasteiger partial charge < -0.3 is 8.98 Å². The Morgan fingerprint density at radius 1 is 0.304 bits per heavy atom. The van der Waals surface area contributed by atoms with Crippen LogP contribution >= 0.6 is 0 Å². The molecule has 9 aromatic carbocycles. The first-order chi connectivity index (χ1) is 27.7. The minimum Gasteiger partial charge on any atom is -0.456 e. The molecule has 3 aromatic heterocycles. The van der Waals surface area contributed by atoms with Crippen LogP contribution in [0.5, 0.6) is 0 Å². The zero-order chi connectivity index (χ0) is 36.7. The minimum atomic E-state index is 0.611. The van der Waals surface area contributed by atoms with Crippen LogP contribution in [0.2, 0.25) is 0 Å². The van der Waals surface area contributed by atoms with E-state index in [4.69, 9.17) is 19.4 Å². The summed E-state index contributed by atoms with van der Waals surface area (Å²) in [6.45, 7) is 0. The zero-order valence-electron chi connectivity index (χ0n) is 30.0. The summed E-state index contributed by atoms with van der Waals surface area (Å²) < 4.78 is 8.99. The lowest BCUT2D eigenvalue weighted by atomic mass is 9.94. The Morgan fingerprint density at radius 3 is 1.46 bits per heavy atom. The molecule has 260 valence electrons. The van der Waals surface area contributed by atoms with E-state index in [-0.39, 0.29) is 0 Å². The van der Waals surface area contributed by atoms with Crippen LogP contribution in [0.15, 0.2) is 186 Å². The highest BCUT2D eigenvalue weighted by molar-refractivity contribution is 6.26. The van der Waals surface area contributed by atoms with E-state index in [1.165, 1.54) is 37.7 Å². The van der Waals surface area contributed by atoms with Gasteiger partial charge >= 0.3 is 0 Å². The summed E-state index contributed by atoms with van der Waals surface area (Å²) in [6, 6.07) is 64.0. The summed E-state index contributed by atoms with van der Waals surface area (Å²) in [5, 5.41) is 11.9. The first kappa shape index (κ1) is 30.8. The Bertz CT molecular complexity index is 3440. The van der Waals surface area contributed by atoms with Gasteiger partial charge in [-0.1, -0.05) is 133 Å². The van der Waals surface area contributed by atoms with E-state index < -0.39 is 0 Å². The van der Waals surface area contributed by atoms with E-state index in [0.29, 0.717) is 17.5 Å². The molecule has 0 aliphatic carbocycles. The predicted octanol–water partition coefficient (Wildman–Crippen LogP) is 13.3. The number of hydrogen-bond acceptors (Lipinski definition) is 4. The molecular formula is C51H30N4O. The Labute approximate surface area is 320 Å². The lowest BCUT2D eigenvalue weighted by molar-refractivity contribution is 0.669. The summed E-state index contributed by atoms with van der Waals surface area (Å²) in [5.41, 5.74) is 7.81. The number of benzene rings is 9. The maximum Gasteiger partial charge on any atom is 0.164 e. The molecule has 12 rings (SSSR count). The second kappa shape index (κ2) is 11.9. The highest BCUT2D eigenvalue weighted by atomic mass is 16.3. The molecule has 0 radical (unpaired) electrons. The molecule has 5 heteroatoms. The third-order valence-corrected chi connectivity index (χ3v) is 11.2. The van der Waals surface area contributed by atoms with E-state index in [1.54, 1.807) is 0 Å². The summed E-state index contributed by atoms with van der Waals surface area (Å²) >= 11 is 0. The summed E-state index contributed by atoms with van der Waals surface area (Å²) in [5.74, 6) is 1.88. The zero-order valence-corrected chi connectivity index (χ0v) is 30.0. The predicted molar refractivity (Wildman–Crippen MR) is 230 cm³/mol. The first-order valence-corrected chi connectivity index (χ1v) is 18.9. The van der Waals surface area contributed by atoms with Crippen molar-refractivity contribution in [2.24, 2.45) is 0 Å². The second-order valence-corrected chi connectivity index (χ2v) is 14.4. The molecule has 0 spiro atoms. The van der Waals surface area contributed by atoms with Crippen molar-refractivity contribution in [1.29, 1.82) is 0 Å². The van der Waals surface area contributed by atoms with Crippen LogP contribution in [0.3, 0.4) is 0 Å². The molecule has 0 saturated heterocycles. The fraction of sp³-hybridized carbons (Fsp3) is 0. The molecule has 12 aromatic rings. The molecule has 0 saturated carbocycles. The largest absolute Gasteiger partial charge is 0.456 e. The standard InChI is InChI=1S/C51H30N4O/c1-3-13-31(14-4-1)49-52-50(32-15-5-2-6-16-32)54-51(53-49)33-23-26-47-43(27-33)44-29-46-42(30-48(44)56-47)40-21-11-12-22-45(40)55(46)34-24-25-39-37-19-8-7-17-35(37)36-18-9-10-20-38(36)41(39)28-34/h1-30H. The van der Waals surface area contributed by atoms with Crippen LogP contribution in [0.4, 0.5) is 0 Å². The molecule has 0 aliphatic rings. The molecule has 0 bridgehead atoms. The number of rotatable bonds is 4. The van der Waals surface area contributed by atoms with E-state index in [2.05, 4.69) is 114 Å². The normalized spacial score (nSPS) is 11.9. The second-order valence-electron chi connectivity index (χ2n) is 14.4. The minimum absolute atomic E-state index is 0.611. The van der Waals surface area contributed by atoms with Gasteiger partial charge in [-0.15, -0.1) is 0 Å². The average molecular weight is 715 g/mol. The highest BCUT2D eigenvalue weighted by Gasteiger charge is 2.19. The number of aromatic nitrogens is 4. The van der Waals surface area contributed by atoms with Crippen molar-refractivity contribution in [3.8, 4) is 39.9 Å². The van der Waals surface area contributed by atoms with Crippen LogP contribution in [0.25, 0.3) is 116 Å². The van der Waals surface area contributed by atoms with Gasteiger partial charge in [0.25, 0.3) is 0 Å². The molecule has 5 nitrogen and oxygen atoms in total. The number of hydrogen-bond donors (Lipinski definition) is 0. The van der Waals surface area contributed by atoms with Crippen LogP contribution in [-0.2, 0) is 0 Å². The molecular weight excluding hydrogens is 685 g/mol. The van der Waals surface area contributed by atoms with Crippen LogP contribution in [0.1, 0.15) is 0 Å². The average Bonchev–Trinajstić information content (AvgIpc) is 3.80. The van der Waals surface area contributed by atoms with Gasteiger partial charge in [-0.3, -0.25) is 0 Å². The number of fused-ring (bicyclic) bond motifs is 12. The van der Waals surface area contributed by atoms with Gasteiger partial charge in [0.1, 0.15) is 11.2 Å². The molecule has 0 atom stereocenters. The van der Waals surface area contributed by atoms with Crippen molar-refractivity contribution in [3.63, 3.8) is 0 Å². The molecule has 0 unspecified atom stereocenters. The smallest absolute Gasteiger partial charge is 0.164 e. The van der Waals surface area contributed by atoms with Crippen molar-refractivity contribution in [2.45, 2.75) is 0 Å². The van der Waals surface area contributed by atoms with Crippen LogP contribution < -0.4 is 0 Å². The monoisotopic (exact) mass is 714 g/mol. The van der Waals surface area contributed by atoms with E-state index in [1.807, 2.05) is 72.8 Å². The van der Waals surface area contributed by atoms with Crippen molar-refractivity contribution < 1.29 is 4.42 Å². The number of furan rings is 1. The Morgan fingerprint density at radius 2 is 0.821 bits per heavy atom. The molecule has 0 aliphatic heterocycles. The molecule has 56 heavy (non-hydrogen) atoms. The van der Waals surface area contributed by atoms with Gasteiger partial charge in [-0.2, -0.15) is 0 Å². The van der Waals surface area contributed by atoms with Gasteiger partial charge in [-0.05, 0) is 80.8 Å². The molecule has 0 fully saturated rings. The summed E-state index contributed by atoms with van der Waals surface area (Å²) in [4.78, 5) is 14.9. The topological polar surface area (TPSA) is 56.7 Å². The maximum atomic E-state index is 6.59. The number of para-hydroxylation sites is 1. The van der Waals surface area contributed by atoms with Gasteiger partial charge in [0.15, 0.2) is 17.5 Å². The highest BCUT2D eigenvalue weighted by Crippen LogP contribution is 2.41. The molecule has 0 amide bonds. The van der Waals surface area contributed by atoms with E-state index in [0.717, 1.165) is 60.7 Å². The van der Waals surface area contributed by atoms with E-state index >= 15 is 0 Å². The van der Waals surface area contributed by atoms with Gasteiger partial charge in [0.05, 0.1) is 11.0 Å². The lowest BCUT2D eigenvalue weighted by Crippen LogP contribution is -2.00. The van der Waals surface area contributed by atoms with Gasteiger partial charge in [-0.25, -0.2) is 15.0 Å². The lowest BCUT2D eigenvalue weighted by Gasteiger charge is -2.13. The fourth-order valence-corrected chi connectivity index (χ4v) is 8.63. The summed E-state index contributed by atoms with van der Waals surface area (Å²) in [6.07, 6.45) is 0. The Balaban J connectivity index is 1.09. The third kappa shape index (κ3) is 4.64. The fourth-order valence-electron chi connectivity index (χ4n) is 8.63. The van der Waals surface area contributed by atoms with Crippen molar-refractivity contribution in [3.05, 3.63) is 182 Å². The van der Waals surface area contributed by atoms with Crippen molar-refractivity contribution in [2.75, 3.05) is 0 Å². The van der Waals surface area contributed by atoms with Crippen LogP contribution in [-0.4, -0.2) is 19.5 Å². The van der Waals surface area contributed by atoms with Crippen LogP contribution in [0, 0.1) is 0 Å². The van der Waals surface area contributed by atoms with Crippen molar-refractivity contribution >= 4 is 76.1 Å². The summed E-state index contributed by atoms with van der Waals surface area (Å²) in [7, 11) is 0. The maximum absolute atomic E-state index is 6.59. The van der Waals surface area contributed by atoms with E-state index in [9.17, 15) is 0 Å². The Kier molecular flexibility index (Phi) is 6.56. The van der Waals surface area contributed by atoms with Gasteiger partial charge in [0, 0.05) is 43.9 Å².